The molecule has 0 saturated heterocycles. The fraction of sp³-hybridized carbons (Fsp3) is 0.938. The predicted octanol–water partition coefficient (Wildman–Crippen LogP) is 3.83. The molecule has 0 aromatic rings. The summed E-state index contributed by atoms with van der Waals surface area (Å²) in [4.78, 5) is 14.2. The van der Waals surface area contributed by atoms with E-state index in [4.69, 9.17) is 4.74 Å². The highest BCUT2D eigenvalue weighted by Crippen LogP contribution is 2.35. The van der Waals surface area contributed by atoms with Gasteiger partial charge in [0.25, 0.3) is 0 Å². The van der Waals surface area contributed by atoms with Gasteiger partial charge in [-0.05, 0) is 39.3 Å². The molecular weight excluding hydrogens is 238 g/mol. The maximum Gasteiger partial charge on any atom is 0.312 e. The number of hydrogen-bond acceptors (Lipinski definition) is 3. The minimum Gasteiger partial charge on any atom is -0.464 e. The minimum absolute atomic E-state index is 0.0527. The Labute approximate surface area is 120 Å². The molecule has 1 unspecified atom stereocenters. The van der Waals surface area contributed by atoms with Gasteiger partial charge in [-0.1, -0.05) is 41.5 Å². The highest BCUT2D eigenvalue weighted by Gasteiger charge is 2.38. The number of likely N-dealkylation sites (N-methyl/N-ethyl adjacent to an activating group) is 1. The molecule has 19 heavy (non-hydrogen) atoms. The third-order valence-corrected chi connectivity index (χ3v) is 3.34. The van der Waals surface area contributed by atoms with Crippen LogP contribution in [-0.4, -0.2) is 38.1 Å². The van der Waals surface area contributed by atoms with Crippen LogP contribution >= 0.6 is 0 Å². The molecule has 0 fully saturated rings. The summed E-state index contributed by atoms with van der Waals surface area (Å²) in [5.41, 5.74) is -0.361. The van der Waals surface area contributed by atoms with Crippen molar-refractivity contribution in [2.24, 2.45) is 17.3 Å². The van der Waals surface area contributed by atoms with E-state index in [9.17, 15) is 4.79 Å². The molecule has 0 N–H and O–H groups in total. The summed E-state index contributed by atoms with van der Waals surface area (Å²) in [6.45, 7) is 15.8. The molecule has 116 valence electrons. The molecule has 0 aliphatic carbocycles. The molecule has 0 rings (SSSR count). The first-order valence-electron chi connectivity index (χ1n) is 7.52. The van der Waals surface area contributed by atoms with Crippen LogP contribution in [0.25, 0.3) is 0 Å². The molecule has 0 aromatic carbocycles. The Hall–Kier alpha value is -0.570. The zero-order valence-corrected chi connectivity index (χ0v) is 14.5. The van der Waals surface area contributed by atoms with Crippen LogP contribution in [0.2, 0.25) is 0 Å². The molecular formula is C16H35NO2. The van der Waals surface area contributed by atoms with Gasteiger partial charge in [0.2, 0.25) is 0 Å². The van der Waals surface area contributed by atoms with Crippen LogP contribution in [0.1, 0.15) is 54.9 Å². The average molecular weight is 273 g/mol. The maximum absolute atomic E-state index is 12.2. The van der Waals surface area contributed by atoms with Gasteiger partial charge in [-0.3, -0.25) is 4.79 Å². The predicted molar refractivity (Wildman–Crippen MR) is 83.3 cm³/mol. The summed E-state index contributed by atoms with van der Waals surface area (Å²) in [6.07, 6.45) is 0.880. The summed E-state index contributed by atoms with van der Waals surface area (Å²) >= 11 is 0. The van der Waals surface area contributed by atoms with Gasteiger partial charge in [-0.2, -0.15) is 0 Å². The second-order valence-corrected chi connectivity index (χ2v) is 6.11. The normalized spacial score (nSPS) is 14.1. The van der Waals surface area contributed by atoms with E-state index in [0.717, 1.165) is 13.0 Å². The van der Waals surface area contributed by atoms with Gasteiger partial charge in [-0.25, -0.2) is 0 Å². The molecule has 1 atom stereocenters. The number of esters is 1. The molecule has 0 bridgehead atoms. The van der Waals surface area contributed by atoms with Crippen molar-refractivity contribution in [3.8, 4) is 0 Å². The van der Waals surface area contributed by atoms with Crippen molar-refractivity contribution in [1.82, 2.24) is 4.90 Å². The zero-order chi connectivity index (χ0) is 15.6. The Morgan fingerprint density at radius 3 is 1.95 bits per heavy atom. The number of nitrogens with zero attached hydrogens (tertiary/aromatic N) is 1. The number of rotatable bonds is 7. The van der Waals surface area contributed by atoms with Crippen LogP contribution in [0, 0.1) is 17.3 Å². The summed E-state index contributed by atoms with van der Waals surface area (Å²) in [6, 6.07) is 0. The van der Waals surface area contributed by atoms with E-state index in [1.165, 1.54) is 0 Å². The number of hydrogen-bond donors (Lipinski definition) is 0. The van der Waals surface area contributed by atoms with Gasteiger partial charge >= 0.3 is 5.97 Å². The Balaban J connectivity index is 0. The Kier molecular flexibility index (Phi) is 11.2. The van der Waals surface area contributed by atoms with Gasteiger partial charge in [0.15, 0.2) is 0 Å². The van der Waals surface area contributed by atoms with Crippen molar-refractivity contribution in [3.05, 3.63) is 0 Å². The minimum atomic E-state index is -0.361. The van der Waals surface area contributed by atoms with E-state index < -0.39 is 0 Å². The monoisotopic (exact) mass is 273 g/mol. The third kappa shape index (κ3) is 8.25. The number of ether oxygens (including phenoxy) is 1. The first-order valence-corrected chi connectivity index (χ1v) is 7.52. The quantitative estimate of drug-likeness (QED) is 0.660. The molecule has 0 aliphatic heterocycles. The molecule has 3 heteroatoms. The number of carbonyl (C=O) groups is 1. The molecule has 0 heterocycles. The van der Waals surface area contributed by atoms with Crippen molar-refractivity contribution in [2.45, 2.75) is 54.9 Å². The van der Waals surface area contributed by atoms with E-state index in [2.05, 4.69) is 27.7 Å². The van der Waals surface area contributed by atoms with Crippen molar-refractivity contribution in [1.29, 1.82) is 0 Å². The van der Waals surface area contributed by atoms with E-state index in [0.29, 0.717) is 18.4 Å². The van der Waals surface area contributed by atoms with Gasteiger partial charge in [0.1, 0.15) is 6.61 Å². The molecule has 0 amide bonds. The van der Waals surface area contributed by atoms with Crippen LogP contribution in [-0.2, 0) is 9.53 Å². The average Bonchev–Trinajstić information content (AvgIpc) is 2.29. The lowest BCUT2D eigenvalue weighted by Crippen LogP contribution is -2.37. The largest absolute Gasteiger partial charge is 0.464 e. The second-order valence-electron chi connectivity index (χ2n) is 6.11. The fourth-order valence-electron chi connectivity index (χ4n) is 1.89. The van der Waals surface area contributed by atoms with Crippen molar-refractivity contribution in [3.63, 3.8) is 0 Å². The van der Waals surface area contributed by atoms with Crippen LogP contribution in [0.5, 0.6) is 0 Å². The molecule has 0 aliphatic rings. The van der Waals surface area contributed by atoms with Gasteiger partial charge in [0.05, 0.1) is 5.41 Å². The summed E-state index contributed by atoms with van der Waals surface area (Å²) in [7, 11) is 3.95. The van der Waals surface area contributed by atoms with Gasteiger partial charge in [0, 0.05) is 6.54 Å². The lowest BCUT2D eigenvalue weighted by molar-refractivity contribution is -0.159. The van der Waals surface area contributed by atoms with Crippen molar-refractivity contribution in [2.75, 3.05) is 27.2 Å². The van der Waals surface area contributed by atoms with Crippen LogP contribution < -0.4 is 0 Å². The zero-order valence-electron chi connectivity index (χ0n) is 14.5. The SMILES string of the molecule is CC.CC(C)CC(C)(C(=O)OCCN(C)C)C(C)C. The van der Waals surface area contributed by atoms with Gasteiger partial charge in [-0.15, -0.1) is 0 Å². The van der Waals surface area contributed by atoms with Crippen LogP contribution in [0.4, 0.5) is 0 Å². The van der Waals surface area contributed by atoms with E-state index in [-0.39, 0.29) is 11.4 Å². The molecule has 0 spiro atoms. The second kappa shape index (κ2) is 10.2. The Morgan fingerprint density at radius 1 is 1.16 bits per heavy atom. The summed E-state index contributed by atoms with van der Waals surface area (Å²) in [5, 5.41) is 0. The third-order valence-electron chi connectivity index (χ3n) is 3.34. The summed E-state index contributed by atoms with van der Waals surface area (Å²) < 4.78 is 5.40. The first-order chi connectivity index (χ1) is 8.70. The Morgan fingerprint density at radius 2 is 1.63 bits per heavy atom. The van der Waals surface area contributed by atoms with E-state index in [1.807, 2.05) is 39.8 Å². The molecule has 0 radical (unpaired) electrons. The Bertz CT molecular complexity index is 237. The topological polar surface area (TPSA) is 29.5 Å². The lowest BCUT2D eigenvalue weighted by atomic mass is 9.73. The molecule has 0 saturated carbocycles. The van der Waals surface area contributed by atoms with Gasteiger partial charge < -0.3 is 9.64 Å². The first kappa shape index (κ1) is 20.7. The smallest absolute Gasteiger partial charge is 0.312 e. The van der Waals surface area contributed by atoms with Crippen LogP contribution in [0.3, 0.4) is 0 Å². The van der Waals surface area contributed by atoms with E-state index >= 15 is 0 Å². The lowest BCUT2D eigenvalue weighted by Gasteiger charge is -2.33. The highest BCUT2D eigenvalue weighted by molar-refractivity contribution is 5.76. The maximum atomic E-state index is 12.2. The summed E-state index contributed by atoms with van der Waals surface area (Å²) in [5.74, 6) is 0.753. The number of carbonyl (C=O) groups excluding carboxylic acids is 1. The molecule has 0 aromatic heterocycles. The highest BCUT2D eigenvalue weighted by atomic mass is 16.5. The van der Waals surface area contributed by atoms with Crippen molar-refractivity contribution >= 4 is 5.97 Å². The fourth-order valence-corrected chi connectivity index (χ4v) is 1.89. The van der Waals surface area contributed by atoms with Crippen LogP contribution in [0.15, 0.2) is 0 Å². The molecule has 3 nitrogen and oxygen atoms in total. The standard InChI is InChI=1S/C14H29NO2.C2H6/c1-11(2)10-14(5,12(3)4)13(16)17-9-8-15(6)7;1-2/h11-12H,8-10H2,1-7H3;1-2H3. The van der Waals surface area contributed by atoms with Crippen molar-refractivity contribution < 1.29 is 9.53 Å². The van der Waals surface area contributed by atoms with E-state index in [1.54, 1.807) is 0 Å².